The molecule has 0 aromatic heterocycles. The molecule has 0 unspecified atom stereocenters. The molecule has 1 aliphatic rings. The van der Waals surface area contributed by atoms with E-state index in [0.717, 1.165) is 24.1 Å². The van der Waals surface area contributed by atoms with Crippen LogP contribution in [0.2, 0.25) is 0 Å². The van der Waals surface area contributed by atoms with Gasteiger partial charge in [0.25, 0.3) is 0 Å². The molecule has 22 heavy (non-hydrogen) atoms. The minimum absolute atomic E-state index is 0.0966. The molecule has 3 heteroatoms. The second kappa shape index (κ2) is 5.91. The Bertz CT molecular complexity index is 689. The summed E-state index contributed by atoms with van der Waals surface area (Å²) in [5.74, 6) is -0.385. The van der Waals surface area contributed by atoms with Crippen molar-refractivity contribution in [3.05, 3.63) is 65.5 Å². The molecule has 0 aliphatic heterocycles. The molecule has 0 radical (unpaired) electrons. The molecule has 1 amide bonds. The SMILES string of the molecule is Cc1cccc(NC(=O)C2(c3ccccc3F)CCCC2)c1. The van der Waals surface area contributed by atoms with E-state index in [1.54, 1.807) is 18.2 Å². The lowest BCUT2D eigenvalue weighted by molar-refractivity contribution is -0.121. The second-order valence-electron chi connectivity index (χ2n) is 6.09. The normalized spacial score (nSPS) is 16.5. The van der Waals surface area contributed by atoms with Crippen molar-refractivity contribution < 1.29 is 9.18 Å². The van der Waals surface area contributed by atoms with Gasteiger partial charge in [0.2, 0.25) is 5.91 Å². The van der Waals surface area contributed by atoms with Gasteiger partial charge in [0, 0.05) is 11.3 Å². The summed E-state index contributed by atoms with van der Waals surface area (Å²) in [6, 6.07) is 14.4. The maximum Gasteiger partial charge on any atom is 0.235 e. The second-order valence-corrected chi connectivity index (χ2v) is 6.09. The van der Waals surface area contributed by atoms with Gasteiger partial charge in [-0.1, -0.05) is 43.2 Å². The van der Waals surface area contributed by atoms with E-state index in [9.17, 15) is 9.18 Å². The number of carbonyl (C=O) groups is 1. The molecule has 0 heterocycles. The summed E-state index contributed by atoms with van der Waals surface area (Å²) >= 11 is 0. The van der Waals surface area contributed by atoms with Crippen molar-refractivity contribution in [2.24, 2.45) is 0 Å². The lowest BCUT2D eigenvalue weighted by Gasteiger charge is -2.28. The summed E-state index contributed by atoms with van der Waals surface area (Å²) in [7, 11) is 0. The summed E-state index contributed by atoms with van der Waals surface area (Å²) in [5, 5.41) is 2.99. The van der Waals surface area contributed by atoms with Crippen molar-refractivity contribution in [2.45, 2.75) is 38.0 Å². The van der Waals surface area contributed by atoms with Crippen molar-refractivity contribution in [3.8, 4) is 0 Å². The number of carbonyl (C=O) groups excluding carboxylic acids is 1. The number of halogens is 1. The molecule has 2 aromatic rings. The highest BCUT2D eigenvalue weighted by molar-refractivity contribution is 5.99. The molecule has 0 atom stereocenters. The Morgan fingerprint density at radius 2 is 1.82 bits per heavy atom. The van der Waals surface area contributed by atoms with Crippen LogP contribution in [0.25, 0.3) is 0 Å². The maximum absolute atomic E-state index is 14.3. The summed E-state index contributed by atoms with van der Waals surface area (Å²) in [4.78, 5) is 12.9. The number of hydrogen-bond acceptors (Lipinski definition) is 1. The Morgan fingerprint density at radius 3 is 2.50 bits per heavy atom. The summed E-state index contributed by atoms with van der Waals surface area (Å²) in [6.45, 7) is 1.98. The molecular weight excluding hydrogens is 277 g/mol. The summed E-state index contributed by atoms with van der Waals surface area (Å²) in [5.41, 5.74) is 1.64. The number of benzene rings is 2. The molecule has 1 saturated carbocycles. The van der Waals surface area contributed by atoms with Gasteiger partial charge in [-0.3, -0.25) is 4.79 Å². The third-order valence-corrected chi connectivity index (χ3v) is 4.56. The molecule has 2 aromatic carbocycles. The fraction of sp³-hybridized carbons (Fsp3) is 0.316. The molecule has 1 N–H and O–H groups in total. The molecule has 3 rings (SSSR count). The summed E-state index contributed by atoms with van der Waals surface area (Å²) in [6.07, 6.45) is 3.31. The van der Waals surface area contributed by atoms with E-state index in [-0.39, 0.29) is 11.7 Å². The van der Waals surface area contributed by atoms with Crippen LogP contribution in [0, 0.1) is 12.7 Å². The first-order valence-corrected chi connectivity index (χ1v) is 7.75. The van der Waals surface area contributed by atoms with Crippen LogP contribution in [0.4, 0.5) is 10.1 Å². The van der Waals surface area contributed by atoms with Crippen molar-refractivity contribution in [1.29, 1.82) is 0 Å². The Morgan fingerprint density at radius 1 is 1.09 bits per heavy atom. The van der Waals surface area contributed by atoms with Crippen molar-refractivity contribution in [1.82, 2.24) is 0 Å². The highest BCUT2D eigenvalue weighted by Crippen LogP contribution is 2.43. The van der Waals surface area contributed by atoms with Crippen LogP contribution >= 0.6 is 0 Å². The first-order chi connectivity index (χ1) is 10.6. The van der Waals surface area contributed by atoms with E-state index in [1.165, 1.54) is 6.07 Å². The average molecular weight is 297 g/mol. The zero-order chi connectivity index (χ0) is 15.6. The van der Waals surface area contributed by atoms with Crippen molar-refractivity contribution >= 4 is 11.6 Å². The zero-order valence-electron chi connectivity index (χ0n) is 12.7. The van der Waals surface area contributed by atoms with Crippen molar-refractivity contribution in [2.75, 3.05) is 5.32 Å². The van der Waals surface area contributed by atoms with Crippen LogP contribution in [0.15, 0.2) is 48.5 Å². The lowest BCUT2D eigenvalue weighted by atomic mass is 9.77. The van der Waals surface area contributed by atoms with Crippen LogP contribution < -0.4 is 5.32 Å². The molecule has 0 spiro atoms. The Kier molecular flexibility index (Phi) is 3.97. The standard InChI is InChI=1S/C19H20FNO/c1-14-7-6-8-15(13-14)21-18(22)19(11-4-5-12-19)16-9-2-3-10-17(16)20/h2-3,6-10,13H,4-5,11-12H2,1H3,(H,21,22). The van der Waals surface area contributed by atoms with Gasteiger partial charge >= 0.3 is 0 Å². The monoisotopic (exact) mass is 297 g/mol. The van der Waals surface area contributed by atoms with Gasteiger partial charge in [-0.15, -0.1) is 0 Å². The van der Waals surface area contributed by atoms with E-state index in [2.05, 4.69) is 5.32 Å². The van der Waals surface area contributed by atoms with E-state index in [1.807, 2.05) is 31.2 Å². The van der Waals surface area contributed by atoms with E-state index < -0.39 is 5.41 Å². The zero-order valence-corrected chi connectivity index (χ0v) is 12.7. The fourth-order valence-electron chi connectivity index (χ4n) is 3.42. The van der Waals surface area contributed by atoms with Gasteiger partial charge in [0.05, 0.1) is 5.41 Å². The molecule has 1 fully saturated rings. The van der Waals surface area contributed by atoms with Gasteiger partial charge in [0.1, 0.15) is 5.82 Å². The van der Waals surface area contributed by atoms with Crippen LogP contribution in [0.3, 0.4) is 0 Å². The molecule has 0 bridgehead atoms. The van der Waals surface area contributed by atoms with Crippen LogP contribution in [-0.4, -0.2) is 5.91 Å². The molecule has 114 valence electrons. The van der Waals surface area contributed by atoms with Gasteiger partial charge in [-0.2, -0.15) is 0 Å². The number of anilines is 1. The maximum atomic E-state index is 14.3. The van der Waals surface area contributed by atoms with Crippen LogP contribution in [0.5, 0.6) is 0 Å². The quantitative estimate of drug-likeness (QED) is 0.882. The third-order valence-electron chi connectivity index (χ3n) is 4.56. The highest BCUT2D eigenvalue weighted by atomic mass is 19.1. The Labute approximate surface area is 130 Å². The average Bonchev–Trinajstić information content (AvgIpc) is 2.98. The molecular formula is C19H20FNO. The number of amides is 1. The largest absolute Gasteiger partial charge is 0.325 e. The molecule has 1 aliphatic carbocycles. The van der Waals surface area contributed by atoms with Gasteiger partial charge in [0.15, 0.2) is 0 Å². The Balaban J connectivity index is 1.94. The Hall–Kier alpha value is -2.16. The predicted octanol–water partition coefficient (Wildman–Crippen LogP) is 4.58. The van der Waals surface area contributed by atoms with Crippen LogP contribution in [0.1, 0.15) is 36.8 Å². The number of hydrogen-bond donors (Lipinski definition) is 1. The van der Waals surface area contributed by atoms with Gasteiger partial charge in [-0.05, 0) is 43.5 Å². The van der Waals surface area contributed by atoms with Crippen molar-refractivity contribution in [3.63, 3.8) is 0 Å². The van der Waals surface area contributed by atoms with E-state index in [4.69, 9.17) is 0 Å². The number of aryl methyl sites for hydroxylation is 1. The van der Waals surface area contributed by atoms with E-state index in [0.29, 0.717) is 18.4 Å². The fourth-order valence-corrected chi connectivity index (χ4v) is 3.42. The minimum Gasteiger partial charge on any atom is -0.325 e. The van der Waals surface area contributed by atoms with Crippen LogP contribution in [-0.2, 0) is 10.2 Å². The summed E-state index contributed by atoms with van der Waals surface area (Å²) < 4.78 is 14.3. The topological polar surface area (TPSA) is 29.1 Å². The smallest absolute Gasteiger partial charge is 0.235 e. The number of rotatable bonds is 3. The predicted molar refractivity (Wildman–Crippen MR) is 86.4 cm³/mol. The first-order valence-electron chi connectivity index (χ1n) is 7.75. The lowest BCUT2D eigenvalue weighted by Crippen LogP contribution is -2.38. The molecule has 2 nitrogen and oxygen atoms in total. The third kappa shape index (κ3) is 2.63. The number of nitrogens with one attached hydrogen (secondary N) is 1. The highest BCUT2D eigenvalue weighted by Gasteiger charge is 2.44. The minimum atomic E-state index is -0.741. The first kappa shape index (κ1) is 14.8. The molecule has 0 saturated heterocycles. The van der Waals surface area contributed by atoms with E-state index >= 15 is 0 Å². The van der Waals surface area contributed by atoms with Gasteiger partial charge in [-0.25, -0.2) is 4.39 Å². The van der Waals surface area contributed by atoms with Gasteiger partial charge < -0.3 is 5.32 Å².